The monoisotopic (exact) mass is 424 g/mol. The van der Waals surface area contributed by atoms with E-state index in [1.807, 2.05) is 22.8 Å². The zero-order valence-electron chi connectivity index (χ0n) is 18.0. The maximum Gasteiger partial charge on any atom is 0.236 e. The number of aryl methyl sites for hydroxylation is 1. The Balaban J connectivity index is 1.15. The van der Waals surface area contributed by atoms with E-state index in [2.05, 4.69) is 44.0 Å². The van der Waals surface area contributed by atoms with E-state index >= 15 is 0 Å². The van der Waals surface area contributed by atoms with Gasteiger partial charge in [-0.05, 0) is 25.0 Å². The molecule has 7 nitrogen and oxygen atoms in total. The van der Waals surface area contributed by atoms with E-state index in [0.29, 0.717) is 37.6 Å². The molecule has 4 saturated heterocycles. The number of rotatable bonds is 5. The third-order valence-corrected chi connectivity index (χ3v) is 6.89. The van der Waals surface area contributed by atoms with Crippen molar-refractivity contribution in [3.8, 4) is 0 Å². The number of hydrogen-bond donors (Lipinski definition) is 0. The lowest BCUT2D eigenvalue weighted by Crippen LogP contribution is -2.70. The second-order valence-corrected chi connectivity index (χ2v) is 8.64. The summed E-state index contributed by atoms with van der Waals surface area (Å²) in [6, 6.07) is 10.9. The minimum atomic E-state index is -0.301. The number of piperidine rings is 1. The van der Waals surface area contributed by atoms with Crippen LogP contribution in [0.5, 0.6) is 0 Å². The number of carbonyl (C=O) groups excluding carboxylic acids is 1. The Bertz CT molecular complexity index is 921. The van der Waals surface area contributed by atoms with Crippen LogP contribution in [0.15, 0.2) is 36.7 Å². The lowest BCUT2D eigenvalue weighted by atomic mass is 9.87. The Morgan fingerprint density at radius 2 is 1.74 bits per heavy atom. The van der Waals surface area contributed by atoms with Crippen molar-refractivity contribution in [2.24, 2.45) is 0 Å². The largest absolute Gasteiger partial charge is 0.368 e. The molecule has 0 radical (unpaired) electrons. The lowest BCUT2D eigenvalue weighted by Gasteiger charge is -2.56. The number of para-hydroxylation sites is 1. The average Bonchev–Trinajstić information content (AvgIpc) is 2.83. The Morgan fingerprint density at radius 1 is 1.03 bits per heavy atom. The first-order valence-electron chi connectivity index (χ1n) is 11.2. The summed E-state index contributed by atoms with van der Waals surface area (Å²) < 4.78 is 14.7. The van der Waals surface area contributed by atoms with E-state index in [0.717, 1.165) is 32.6 Å². The van der Waals surface area contributed by atoms with Crippen molar-refractivity contribution >= 4 is 17.4 Å². The molecule has 1 amide bonds. The fraction of sp³-hybridized carbons (Fsp3) is 0.522. The van der Waals surface area contributed by atoms with Crippen LogP contribution in [0.1, 0.15) is 19.0 Å². The highest BCUT2D eigenvalue weighted by Gasteiger charge is 2.46. The quantitative estimate of drug-likeness (QED) is 0.730. The number of nitrogens with zero attached hydrogens (tertiary/aromatic N) is 6. The Morgan fingerprint density at radius 3 is 2.42 bits per heavy atom. The van der Waals surface area contributed by atoms with Crippen molar-refractivity contribution in [1.82, 2.24) is 19.8 Å². The summed E-state index contributed by atoms with van der Waals surface area (Å²) in [5.41, 5.74) is 1.68. The molecule has 0 aliphatic carbocycles. The summed E-state index contributed by atoms with van der Waals surface area (Å²) in [5, 5.41) is 0. The number of anilines is 2. The van der Waals surface area contributed by atoms with Crippen LogP contribution in [0, 0.1) is 5.82 Å². The van der Waals surface area contributed by atoms with Gasteiger partial charge >= 0.3 is 0 Å². The third kappa shape index (κ3) is 3.84. The molecule has 2 aromatic rings. The maximum absolute atomic E-state index is 14.7. The molecule has 0 saturated carbocycles. The minimum absolute atomic E-state index is 0.206. The molecule has 31 heavy (non-hydrogen) atoms. The summed E-state index contributed by atoms with van der Waals surface area (Å²) in [6.45, 7) is 7.03. The van der Waals surface area contributed by atoms with E-state index in [-0.39, 0.29) is 23.8 Å². The smallest absolute Gasteiger partial charge is 0.236 e. The fourth-order valence-electron chi connectivity index (χ4n) is 5.09. The normalized spacial score (nSPS) is 23.6. The van der Waals surface area contributed by atoms with E-state index in [9.17, 15) is 9.18 Å². The Labute approximate surface area is 182 Å². The molecule has 4 fully saturated rings. The lowest BCUT2D eigenvalue weighted by molar-refractivity contribution is -0.137. The number of halogens is 1. The standard InChI is InChI=1S/C23H29FN6O/c1-2-20-22(24)23(26-16-25-20)29-13-18-12-19(14-29)30(18)15-21(31)28-10-8-27(9-11-28)17-6-4-3-5-7-17/h3-7,16,18-19H,2,8-15H2,1H3. The first kappa shape index (κ1) is 20.2. The van der Waals surface area contributed by atoms with Crippen LogP contribution in [0.2, 0.25) is 0 Å². The van der Waals surface area contributed by atoms with Crippen molar-refractivity contribution in [2.75, 3.05) is 55.6 Å². The molecule has 2 atom stereocenters. The number of hydrogen-bond acceptors (Lipinski definition) is 6. The van der Waals surface area contributed by atoms with Gasteiger partial charge in [-0.2, -0.15) is 0 Å². The van der Waals surface area contributed by atoms with E-state index < -0.39 is 0 Å². The molecule has 0 spiro atoms. The van der Waals surface area contributed by atoms with E-state index in [1.54, 1.807) is 0 Å². The molecule has 2 unspecified atom stereocenters. The van der Waals surface area contributed by atoms with Gasteiger partial charge in [0, 0.05) is 57.0 Å². The van der Waals surface area contributed by atoms with Gasteiger partial charge in [0.15, 0.2) is 11.6 Å². The SMILES string of the molecule is CCc1ncnc(N2CC3CC(C2)N3CC(=O)N2CCN(c3ccccc3)CC2)c1F. The number of benzene rings is 1. The van der Waals surface area contributed by atoms with Crippen molar-refractivity contribution in [3.05, 3.63) is 48.2 Å². The second kappa shape index (κ2) is 8.42. The van der Waals surface area contributed by atoms with Crippen LogP contribution in [0.3, 0.4) is 0 Å². The first-order valence-corrected chi connectivity index (χ1v) is 11.2. The molecule has 2 bridgehead atoms. The van der Waals surface area contributed by atoms with Crippen molar-refractivity contribution in [1.29, 1.82) is 0 Å². The molecule has 6 rings (SSSR count). The molecule has 5 heterocycles. The zero-order chi connectivity index (χ0) is 21.4. The number of piperazine rings is 2. The van der Waals surface area contributed by atoms with E-state index in [4.69, 9.17) is 0 Å². The van der Waals surface area contributed by atoms with Crippen LogP contribution in [-0.2, 0) is 11.2 Å². The van der Waals surface area contributed by atoms with Crippen LogP contribution in [-0.4, -0.2) is 83.6 Å². The molecular weight excluding hydrogens is 395 g/mol. The highest BCUT2D eigenvalue weighted by molar-refractivity contribution is 5.79. The van der Waals surface area contributed by atoms with Gasteiger partial charge in [-0.25, -0.2) is 14.4 Å². The molecular formula is C23H29FN6O. The molecule has 4 aliphatic heterocycles. The molecule has 164 valence electrons. The topological polar surface area (TPSA) is 55.8 Å². The number of carbonyl (C=O) groups is 1. The van der Waals surface area contributed by atoms with Gasteiger partial charge < -0.3 is 14.7 Å². The second-order valence-electron chi connectivity index (χ2n) is 8.64. The Kier molecular flexibility index (Phi) is 5.48. The predicted octanol–water partition coefficient (Wildman–Crippen LogP) is 1.79. The van der Waals surface area contributed by atoms with Crippen LogP contribution >= 0.6 is 0 Å². The number of fused-ring (bicyclic) bond motifs is 2. The molecule has 8 heteroatoms. The van der Waals surface area contributed by atoms with Crippen LogP contribution < -0.4 is 9.80 Å². The van der Waals surface area contributed by atoms with Gasteiger partial charge in [-0.3, -0.25) is 9.69 Å². The van der Waals surface area contributed by atoms with Crippen LogP contribution in [0.4, 0.5) is 15.9 Å². The summed E-state index contributed by atoms with van der Waals surface area (Å²) in [5.74, 6) is 0.312. The minimum Gasteiger partial charge on any atom is -0.368 e. The first-order chi connectivity index (χ1) is 15.1. The van der Waals surface area contributed by atoms with Crippen molar-refractivity contribution in [3.63, 3.8) is 0 Å². The van der Waals surface area contributed by atoms with Crippen LogP contribution in [0.25, 0.3) is 0 Å². The van der Waals surface area contributed by atoms with Gasteiger partial charge in [-0.1, -0.05) is 25.1 Å². The van der Waals surface area contributed by atoms with Gasteiger partial charge in [0.05, 0.1) is 12.2 Å². The molecule has 1 aromatic carbocycles. The number of aromatic nitrogens is 2. The number of amides is 1. The maximum atomic E-state index is 14.7. The average molecular weight is 425 g/mol. The van der Waals surface area contributed by atoms with Crippen molar-refractivity contribution in [2.45, 2.75) is 31.8 Å². The highest BCUT2D eigenvalue weighted by Crippen LogP contribution is 2.35. The summed E-state index contributed by atoms with van der Waals surface area (Å²) >= 11 is 0. The fourth-order valence-corrected chi connectivity index (χ4v) is 5.09. The molecule has 0 N–H and O–H groups in total. The van der Waals surface area contributed by atoms with Gasteiger partial charge in [-0.15, -0.1) is 0 Å². The van der Waals surface area contributed by atoms with Gasteiger partial charge in [0.2, 0.25) is 5.91 Å². The van der Waals surface area contributed by atoms with Gasteiger partial charge in [0.1, 0.15) is 6.33 Å². The molecule has 4 aliphatic rings. The Hall–Kier alpha value is -2.74. The summed E-state index contributed by atoms with van der Waals surface area (Å²) in [6.07, 6.45) is 3.08. The highest BCUT2D eigenvalue weighted by atomic mass is 19.1. The zero-order valence-corrected chi connectivity index (χ0v) is 18.0. The summed E-state index contributed by atoms with van der Waals surface area (Å²) in [4.78, 5) is 29.8. The molecule has 1 aromatic heterocycles. The predicted molar refractivity (Wildman–Crippen MR) is 118 cm³/mol. The summed E-state index contributed by atoms with van der Waals surface area (Å²) in [7, 11) is 0. The van der Waals surface area contributed by atoms with Crippen molar-refractivity contribution < 1.29 is 9.18 Å². The third-order valence-electron chi connectivity index (χ3n) is 6.89. The van der Waals surface area contributed by atoms with E-state index in [1.165, 1.54) is 12.0 Å². The van der Waals surface area contributed by atoms with Gasteiger partial charge in [0.25, 0.3) is 0 Å².